The first-order chi connectivity index (χ1) is 11.9. The van der Waals surface area contributed by atoms with Crippen LogP contribution in [0, 0.1) is 0 Å². The van der Waals surface area contributed by atoms with E-state index >= 15 is 0 Å². The third kappa shape index (κ3) is 5.97. The molecule has 3 amide bonds. The Labute approximate surface area is 155 Å². The van der Waals surface area contributed by atoms with E-state index in [1.54, 1.807) is 26.0 Å². The lowest BCUT2D eigenvalue weighted by atomic mass is 10.1. The number of rotatable bonds is 5. The molecular weight excluding hydrogens is 360 g/mol. The van der Waals surface area contributed by atoms with Gasteiger partial charge in [-0.25, -0.2) is 9.59 Å². The van der Waals surface area contributed by atoms with Gasteiger partial charge >= 0.3 is 12.0 Å². The van der Waals surface area contributed by atoms with Crippen LogP contribution in [0.25, 0.3) is 0 Å². The van der Waals surface area contributed by atoms with Crippen LogP contribution in [0.3, 0.4) is 0 Å². The first-order valence-electron chi connectivity index (χ1n) is 8.02. The van der Waals surface area contributed by atoms with Crippen molar-refractivity contribution >= 4 is 41.4 Å². The number of carbonyl (C=O) groups is 3. The highest BCUT2D eigenvalue weighted by molar-refractivity contribution is 8.19. The van der Waals surface area contributed by atoms with E-state index in [1.165, 1.54) is 12.5 Å². The van der Waals surface area contributed by atoms with Gasteiger partial charge in [-0.1, -0.05) is 12.1 Å². The van der Waals surface area contributed by atoms with Crippen LogP contribution >= 0.6 is 23.5 Å². The van der Waals surface area contributed by atoms with Crippen LogP contribution in [0.2, 0.25) is 0 Å². The summed E-state index contributed by atoms with van der Waals surface area (Å²) in [5.41, 5.74) is 1.54. The van der Waals surface area contributed by atoms with Crippen molar-refractivity contribution in [2.45, 2.75) is 37.5 Å². The van der Waals surface area contributed by atoms with E-state index in [0.717, 1.165) is 11.5 Å². The van der Waals surface area contributed by atoms with E-state index in [-0.39, 0.29) is 6.04 Å². The number of carbonyl (C=O) groups excluding carboxylic acids is 3. The molecule has 2 N–H and O–H groups in total. The topological polar surface area (TPSA) is 84.5 Å². The van der Waals surface area contributed by atoms with Gasteiger partial charge in [0.15, 0.2) is 6.10 Å². The number of urea groups is 1. The number of ether oxygens (including phenoxy) is 1. The fraction of sp³-hybridized carbons (Fsp3) is 0.471. The second-order valence-corrected chi connectivity index (χ2v) is 8.58. The first kappa shape index (κ1) is 19.7. The average molecular weight is 383 g/mol. The Morgan fingerprint density at radius 2 is 1.68 bits per heavy atom. The SMILES string of the molecule is CC(C)NC(=O)NC(=O)[C@@H](C)OC(=O)c1ccc(C2SCCS2)cc1. The minimum absolute atomic E-state index is 0.0969. The Kier molecular flexibility index (Phi) is 7.19. The van der Waals surface area contributed by atoms with Crippen molar-refractivity contribution in [3.8, 4) is 0 Å². The predicted octanol–water partition coefficient (Wildman–Crippen LogP) is 2.94. The summed E-state index contributed by atoms with van der Waals surface area (Å²) in [7, 11) is 0. The van der Waals surface area contributed by atoms with Gasteiger partial charge in [-0.3, -0.25) is 10.1 Å². The Balaban J connectivity index is 1.87. The smallest absolute Gasteiger partial charge is 0.338 e. The maximum absolute atomic E-state index is 12.1. The number of amides is 3. The summed E-state index contributed by atoms with van der Waals surface area (Å²) in [6.07, 6.45) is -1.06. The maximum Gasteiger partial charge on any atom is 0.338 e. The van der Waals surface area contributed by atoms with E-state index in [0.29, 0.717) is 10.1 Å². The van der Waals surface area contributed by atoms with Gasteiger partial charge in [0.2, 0.25) is 0 Å². The summed E-state index contributed by atoms with van der Waals surface area (Å²) in [6, 6.07) is 6.51. The summed E-state index contributed by atoms with van der Waals surface area (Å²) in [5.74, 6) is 1.01. The number of benzene rings is 1. The lowest BCUT2D eigenvalue weighted by molar-refractivity contribution is -0.127. The lowest BCUT2D eigenvalue weighted by Crippen LogP contribution is -2.46. The third-order valence-electron chi connectivity index (χ3n) is 3.35. The van der Waals surface area contributed by atoms with E-state index in [2.05, 4.69) is 10.6 Å². The minimum atomic E-state index is -1.06. The van der Waals surface area contributed by atoms with Crippen LogP contribution in [0.1, 0.15) is 41.3 Å². The molecule has 0 aliphatic carbocycles. The largest absolute Gasteiger partial charge is 0.449 e. The molecule has 25 heavy (non-hydrogen) atoms. The number of hydrogen-bond donors (Lipinski definition) is 2. The molecule has 1 aromatic carbocycles. The molecule has 6 nitrogen and oxygen atoms in total. The molecule has 1 fully saturated rings. The zero-order chi connectivity index (χ0) is 18.4. The Hall–Kier alpha value is -1.67. The Morgan fingerprint density at radius 3 is 2.24 bits per heavy atom. The van der Waals surface area contributed by atoms with Crippen molar-refractivity contribution in [3.05, 3.63) is 35.4 Å². The normalized spacial score (nSPS) is 15.7. The van der Waals surface area contributed by atoms with Crippen molar-refractivity contribution in [1.29, 1.82) is 0 Å². The molecule has 1 aromatic rings. The molecule has 1 saturated heterocycles. The average Bonchev–Trinajstić information content (AvgIpc) is 3.08. The standard InChI is InChI=1S/C17H22N2O4S2/c1-10(2)18-17(22)19-14(20)11(3)23-15(21)12-4-6-13(7-5-12)16-24-8-9-25-16/h4-7,10-11,16H,8-9H2,1-3H3,(H2,18,19,20,22)/t11-/m1/s1. The number of imide groups is 1. The molecule has 0 radical (unpaired) electrons. The summed E-state index contributed by atoms with van der Waals surface area (Å²) in [5, 5.41) is 4.67. The van der Waals surface area contributed by atoms with Crippen LogP contribution in [-0.2, 0) is 9.53 Å². The summed E-state index contributed by atoms with van der Waals surface area (Å²) >= 11 is 3.78. The highest BCUT2D eigenvalue weighted by Crippen LogP contribution is 2.45. The van der Waals surface area contributed by atoms with Crippen molar-refractivity contribution in [2.75, 3.05) is 11.5 Å². The molecule has 1 aliphatic heterocycles. The molecule has 136 valence electrons. The van der Waals surface area contributed by atoms with Gasteiger partial charge < -0.3 is 10.1 Å². The minimum Gasteiger partial charge on any atom is -0.449 e. The van der Waals surface area contributed by atoms with Crippen LogP contribution in [0.4, 0.5) is 4.79 Å². The quantitative estimate of drug-likeness (QED) is 0.762. The Bertz CT molecular complexity index is 628. The number of nitrogens with one attached hydrogen (secondary N) is 2. The van der Waals surface area contributed by atoms with E-state index in [9.17, 15) is 14.4 Å². The summed E-state index contributed by atoms with van der Waals surface area (Å²) in [4.78, 5) is 35.5. The van der Waals surface area contributed by atoms with Gasteiger partial charge in [0.05, 0.1) is 10.1 Å². The highest BCUT2D eigenvalue weighted by atomic mass is 32.2. The molecule has 8 heteroatoms. The predicted molar refractivity (Wildman–Crippen MR) is 101 cm³/mol. The molecule has 1 aliphatic rings. The van der Waals surface area contributed by atoms with E-state index in [4.69, 9.17) is 4.74 Å². The highest BCUT2D eigenvalue weighted by Gasteiger charge is 2.22. The van der Waals surface area contributed by atoms with Gasteiger partial charge in [0.25, 0.3) is 5.91 Å². The van der Waals surface area contributed by atoms with Gasteiger partial charge in [-0.05, 0) is 38.5 Å². The van der Waals surface area contributed by atoms with Gasteiger partial charge in [0.1, 0.15) is 0 Å². The first-order valence-corrected chi connectivity index (χ1v) is 10.1. The zero-order valence-corrected chi connectivity index (χ0v) is 16.0. The zero-order valence-electron chi connectivity index (χ0n) is 14.4. The maximum atomic E-state index is 12.1. The molecule has 0 bridgehead atoms. The fourth-order valence-electron chi connectivity index (χ4n) is 2.12. The molecule has 0 unspecified atom stereocenters. The van der Waals surface area contributed by atoms with Gasteiger partial charge in [0, 0.05) is 17.5 Å². The second-order valence-electron chi connectivity index (χ2n) is 5.86. The van der Waals surface area contributed by atoms with Gasteiger partial charge in [-0.15, -0.1) is 23.5 Å². The Morgan fingerprint density at radius 1 is 1.08 bits per heavy atom. The van der Waals surface area contributed by atoms with Crippen LogP contribution < -0.4 is 10.6 Å². The lowest BCUT2D eigenvalue weighted by Gasteiger charge is -2.15. The van der Waals surface area contributed by atoms with Crippen LogP contribution in [0.15, 0.2) is 24.3 Å². The molecule has 0 aromatic heterocycles. The van der Waals surface area contributed by atoms with Gasteiger partial charge in [-0.2, -0.15) is 0 Å². The molecular formula is C17H22N2O4S2. The molecule has 0 saturated carbocycles. The van der Waals surface area contributed by atoms with Crippen molar-refractivity contribution in [1.82, 2.24) is 10.6 Å². The molecule has 1 atom stereocenters. The monoisotopic (exact) mass is 382 g/mol. The fourth-order valence-corrected chi connectivity index (χ4v) is 4.98. The summed E-state index contributed by atoms with van der Waals surface area (Å²) < 4.78 is 5.54. The van der Waals surface area contributed by atoms with Crippen molar-refractivity contribution < 1.29 is 19.1 Å². The van der Waals surface area contributed by atoms with Crippen LogP contribution in [0.5, 0.6) is 0 Å². The van der Waals surface area contributed by atoms with Crippen LogP contribution in [-0.4, -0.2) is 41.6 Å². The van der Waals surface area contributed by atoms with Crippen molar-refractivity contribution in [2.24, 2.45) is 0 Å². The molecule has 0 spiro atoms. The number of hydrogen-bond acceptors (Lipinski definition) is 6. The van der Waals surface area contributed by atoms with Crippen molar-refractivity contribution in [3.63, 3.8) is 0 Å². The molecule has 1 heterocycles. The third-order valence-corrected chi connectivity index (χ3v) is 6.45. The summed E-state index contributed by atoms with van der Waals surface area (Å²) in [6.45, 7) is 4.98. The molecule has 2 rings (SSSR count). The number of esters is 1. The number of thioether (sulfide) groups is 2. The van der Waals surface area contributed by atoms with E-state index < -0.39 is 24.0 Å². The second kappa shape index (κ2) is 9.15. The van der Waals surface area contributed by atoms with E-state index in [1.807, 2.05) is 35.7 Å².